The van der Waals surface area contributed by atoms with Crippen LogP contribution in [0, 0.1) is 6.92 Å². The van der Waals surface area contributed by atoms with Crippen molar-refractivity contribution in [2.45, 2.75) is 32.1 Å². The number of carbonyl (C=O) groups excluding carboxylic acids is 2. The summed E-state index contributed by atoms with van der Waals surface area (Å²) in [5, 5.41) is 8.92. The van der Waals surface area contributed by atoms with Crippen LogP contribution in [-0.4, -0.2) is 28.0 Å². The van der Waals surface area contributed by atoms with E-state index in [1.807, 2.05) is 37.3 Å². The SMILES string of the molecule is Cc1cc(NC(=O)[C@H](C)SCC(=O)N[C@H](C)c2ccccc2)no1. The Kier molecular flexibility index (Phi) is 6.43. The Balaban J connectivity index is 1.75. The number of anilines is 1. The number of nitrogens with one attached hydrogen (secondary N) is 2. The summed E-state index contributed by atoms with van der Waals surface area (Å²) in [5.74, 6) is 0.904. The van der Waals surface area contributed by atoms with Crippen molar-refractivity contribution in [3.8, 4) is 0 Å². The second-order valence-electron chi connectivity index (χ2n) is 5.47. The van der Waals surface area contributed by atoms with Crippen LogP contribution in [0.3, 0.4) is 0 Å². The predicted molar refractivity (Wildman–Crippen MR) is 94.8 cm³/mol. The lowest BCUT2D eigenvalue weighted by Gasteiger charge is -2.15. The van der Waals surface area contributed by atoms with E-state index in [1.165, 1.54) is 11.8 Å². The second-order valence-corrected chi connectivity index (χ2v) is 6.79. The Labute approximate surface area is 145 Å². The number of benzene rings is 1. The molecule has 2 rings (SSSR count). The van der Waals surface area contributed by atoms with Crippen LogP contribution in [0.1, 0.15) is 31.2 Å². The van der Waals surface area contributed by atoms with Crippen LogP contribution in [0.2, 0.25) is 0 Å². The fourth-order valence-corrected chi connectivity index (χ4v) is 2.73. The molecule has 0 aliphatic heterocycles. The topological polar surface area (TPSA) is 84.2 Å². The number of aromatic nitrogens is 1. The summed E-state index contributed by atoms with van der Waals surface area (Å²) in [5.41, 5.74) is 1.04. The molecular formula is C17H21N3O3S. The van der Waals surface area contributed by atoms with Gasteiger partial charge in [0, 0.05) is 6.07 Å². The summed E-state index contributed by atoms with van der Waals surface area (Å²) in [6.07, 6.45) is 0. The monoisotopic (exact) mass is 347 g/mol. The van der Waals surface area contributed by atoms with E-state index in [1.54, 1.807) is 19.9 Å². The number of amides is 2. The van der Waals surface area contributed by atoms with E-state index in [-0.39, 0.29) is 28.9 Å². The molecule has 2 aromatic rings. The van der Waals surface area contributed by atoms with Crippen molar-refractivity contribution >= 4 is 29.4 Å². The molecule has 0 spiro atoms. The first-order chi connectivity index (χ1) is 11.5. The first kappa shape index (κ1) is 18.1. The maximum absolute atomic E-state index is 12.0. The molecule has 1 aromatic carbocycles. The largest absolute Gasteiger partial charge is 0.360 e. The number of aryl methyl sites for hydroxylation is 1. The summed E-state index contributed by atoms with van der Waals surface area (Å²) >= 11 is 1.27. The van der Waals surface area contributed by atoms with Gasteiger partial charge in [-0.15, -0.1) is 11.8 Å². The zero-order chi connectivity index (χ0) is 17.5. The molecule has 24 heavy (non-hydrogen) atoms. The maximum atomic E-state index is 12.0. The molecule has 6 nitrogen and oxygen atoms in total. The first-order valence-corrected chi connectivity index (χ1v) is 8.70. The molecule has 0 radical (unpaired) electrons. The number of thioether (sulfide) groups is 1. The van der Waals surface area contributed by atoms with Crippen molar-refractivity contribution in [3.05, 3.63) is 47.7 Å². The van der Waals surface area contributed by atoms with Crippen LogP contribution in [0.25, 0.3) is 0 Å². The van der Waals surface area contributed by atoms with Crippen LogP contribution < -0.4 is 10.6 Å². The average Bonchev–Trinajstić information content (AvgIpc) is 2.98. The lowest BCUT2D eigenvalue weighted by atomic mass is 10.1. The maximum Gasteiger partial charge on any atom is 0.238 e. The summed E-state index contributed by atoms with van der Waals surface area (Å²) in [7, 11) is 0. The van der Waals surface area contributed by atoms with Gasteiger partial charge in [0.25, 0.3) is 0 Å². The van der Waals surface area contributed by atoms with E-state index in [2.05, 4.69) is 15.8 Å². The number of carbonyl (C=O) groups is 2. The lowest BCUT2D eigenvalue weighted by molar-refractivity contribution is -0.119. The van der Waals surface area contributed by atoms with E-state index >= 15 is 0 Å². The van der Waals surface area contributed by atoms with Gasteiger partial charge in [0.1, 0.15) is 5.76 Å². The lowest BCUT2D eigenvalue weighted by Crippen LogP contribution is -2.30. The Morgan fingerprint density at radius 3 is 2.58 bits per heavy atom. The van der Waals surface area contributed by atoms with Crippen molar-refractivity contribution in [1.29, 1.82) is 0 Å². The van der Waals surface area contributed by atoms with Gasteiger partial charge in [-0.3, -0.25) is 9.59 Å². The standard InChI is InChI=1S/C17H21N3O3S/c1-11-9-15(20-23-11)19-17(22)13(3)24-10-16(21)18-12(2)14-7-5-4-6-8-14/h4-9,12-13H,10H2,1-3H3,(H,18,21)(H,19,20,22)/t12-,13+/m1/s1. The third-order valence-electron chi connectivity index (χ3n) is 3.39. The van der Waals surface area contributed by atoms with Gasteiger partial charge in [0.05, 0.1) is 17.0 Å². The summed E-state index contributed by atoms with van der Waals surface area (Å²) in [6, 6.07) is 11.3. The zero-order valence-corrected chi connectivity index (χ0v) is 14.7. The third-order valence-corrected chi connectivity index (χ3v) is 4.53. The smallest absolute Gasteiger partial charge is 0.238 e. The molecule has 0 saturated carbocycles. The van der Waals surface area contributed by atoms with Crippen LogP contribution in [0.4, 0.5) is 5.82 Å². The highest BCUT2D eigenvalue weighted by atomic mass is 32.2. The fraction of sp³-hybridized carbons (Fsp3) is 0.353. The van der Waals surface area contributed by atoms with E-state index in [0.29, 0.717) is 11.6 Å². The van der Waals surface area contributed by atoms with Crippen molar-refractivity contribution in [3.63, 3.8) is 0 Å². The third kappa shape index (κ3) is 5.42. The minimum atomic E-state index is -0.375. The minimum Gasteiger partial charge on any atom is -0.360 e. The van der Waals surface area contributed by atoms with Crippen LogP contribution in [0.15, 0.2) is 40.9 Å². The Bertz CT molecular complexity index is 687. The van der Waals surface area contributed by atoms with Gasteiger partial charge in [-0.05, 0) is 26.3 Å². The number of nitrogens with zero attached hydrogens (tertiary/aromatic N) is 1. The van der Waals surface area contributed by atoms with Gasteiger partial charge in [0.2, 0.25) is 11.8 Å². The van der Waals surface area contributed by atoms with Gasteiger partial charge in [-0.25, -0.2) is 0 Å². The van der Waals surface area contributed by atoms with Gasteiger partial charge in [0.15, 0.2) is 5.82 Å². The van der Waals surface area contributed by atoms with Crippen molar-refractivity contribution in [1.82, 2.24) is 10.5 Å². The molecule has 0 fully saturated rings. The Hall–Kier alpha value is -2.28. The van der Waals surface area contributed by atoms with Crippen molar-refractivity contribution < 1.29 is 14.1 Å². The number of hydrogen-bond donors (Lipinski definition) is 2. The van der Waals surface area contributed by atoms with Gasteiger partial charge >= 0.3 is 0 Å². The fourth-order valence-electron chi connectivity index (χ4n) is 2.04. The van der Waals surface area contributed by atoms with Crippen molar-refractivity contribution in [2.24, 2.45) is 0 Å². The molecule has 0 aliphatic rings. The highest BCUT2D eigenvalue weighted by Crippen LogP contribution is 2.15. The molecule has 0 unspecified atom stereocenters. The van der Waals surface area contributed by atoms with Gasteiger partial charge < -0.3 is 15.2 Å². The van der Waals surface area contributed by atoms with Gasteiger partial charge in [-0.1, -0.05) is 35.5 Å². The molecule has 128 valence electrons. The van der Waals surface area contributed by atoms with Crippen LogP contribution in [0.5, 0.6) is 0 Å². The van der Waals surface area contributed by atoms with E-state index in [0.717, 1.165) is 5.56 Å². The molecule has 2 N–H and O–H groups in total. The van der Waals surface area contributed by atoms with Gasteiger partial charge in [-0.2, -0.15) is 0 Å². The quantitative estimate of drug-likeness (QED) is 0.804. The second kappa shape index (κ2) is 8.54. The highest BCUT2D eigenvalue weighted by Gasteiger charge is 2.17. The number of rotatable bonds is 7. The van der Waals surface area contributed by atoms with E-state index < -0.39 is 0 Å². The highest BCUT2D eigenvalue weighted by molar-refractivity contribution is 8.01. The Morgan fingerprint density at radius 2 is 1.96 bits per heavy atom. The van der Waals surface area contributed by atoms with Crippen molar-refractivity contribution in [2.75, 3.05) is 11.1 Å². The molecule has 0 saturated heterocycles. The number of hydrogen-bond acceptors (Lipinski definition) is 5. The predicted octanol–water partition coefficient (Wildman–Crippen LogP) is 2.92. The summed E-state index contributed by atoms with van der Waals surface area (Å²) < 4.78 is 4.89. The molecular weight excluding hydrogens is 326 g/mol. The normalized spacial score (nSPS) is 13.1. The average molecular weight is 347 g/mol. The molecule has 2 atom stereocenters. The Morgan fingerprint density at radius 1 is 1.25 bits per heavy atom. The summed E-state index contributed by atoms with van der Waals surface area (Å²) in [4.78, 5) is 24.1. The summed E-state index contributed by atoms with van der Waals surface area (Å²) in [6.45, 7) is 5.43. The van der Waals surface area contributed by atoms with E-state index in [9.17, 15) is 9.59 Å². The van der Waals surface area contributed by atoms with E-state index in [4.69, 9.17) is 4.52 Å². The molecule has 2 amide bonds. The molecule has 0 bridgehead atoms. The zero-order valence-electron chi connectivity index (χ0n) is 13.9. The van der Waals surface area contributed by atoms with Crippen LogP contribution in [-0.2, 0) is 9.59 Å². The first-order valence-electron chi connectivity index (χ1n) is 7.66. The molecule has 1 heterocycles. The van der Waals surface area contributed by atoms with Crippen LogP contribution >= 0.6 is 11.8 Å². The minimum absolute atomic E-state index is 0.0680. The molecule has 7 heteroatoms. The molecule has 1 aromatic heterocycles. The molecule has 0 aliphatic carbocycles.